The minimum Gasteiger partial charge on any atom is -0.330 e. The van der Waals surface area contributed by atoms with Gasteiger partial charge in [0.15, 0.2) is 0 Å². The third-order valence-corrected chi connectivity index (χ3v) is 2.43. The van der Waals surface area contributed by atoms with Crippen LogP contribution in [0.15, 0.2) is 41.6 Å². The molecule has 2 aromatic rings. The second-order valence-electron chi connectivity index (χ2n) is 3.75. The van der Waals surface area contributed by atoms with Crippen molar-refractivity contribution in [3.8, 4) is 0 Å². The summed E-state index contributed by atoms with van der Waals surface area (Å²) < 4.78 is 0. The molecule has 5 heteroatoms. The molecule has 1 heterocycles. The van der Waals surface area contributed by atoms with Crippen molar-refractivity contribution in [2.75, 3.05) is 6.54 Å². The fourth-order valence-corrected chi connectivity index (χ4v) is 1.59. The number of rotatable bonds is 4. The topological polar surface area (TPSA) is 80.4 Å². The van der Waals surface area contributed by atoms with E-state index in [1.807, 2.05) is 30.3 Å². The number of nitrogens with two attached hydrogens (primary N) is 1. The number of aromatic nitrogens is 1. The summed E-state index contributed by atoms with van der Waals surface area (Å²) in [7, 11) is 0. The van der Waals surface area contributed by atoms with Crippen molar-refractivity contribution >= 4 is 23.0 Å². The van der Waals surface area contributed by atoms with Gasteiger partial charge in [-0.05, 0) is 6.07 Å². The summed E-state index contributed by atoms with van der Waals surface area (Å²) in [5.74, 6) is -0.193. The lowest BCUT2D eigenvalue weighted by Gasteiger charge is -2.00. The molecule has 0 saturated heterocycles. The largest absolute Gasteiger partial charge is 0.330 e. The zero-order valence-electron chi connectivity index (χ0n) is 9.84. The summed E-state index contributed by atoms with van der Waals surface area (Å²) in [6.07, 6.45) is 3.58. The van der Waals surface area contributed by atoms with E-state index in [0.717, 1.165) is 16.5 Å². The van der Waals surface area contributed by atoms with Gasteiger partial charge in [0.1, 0.15) is 0 Å². The maximum absolute atomic E-state index is 11.2. The van der Waals surface area contributed by atoms with Crippen LogP contribution in [-0.2, 0) is 4.79 Å². The maximum Gasteiger partial charge on any atom is 0.241 e. The quantitative estimate of drug-likeness (QED) is 0.620. The first-order chi connectivity index (χ1) is 8.81. The Hall–Kier alpha value is -2.27. The molecule has 1 aromatic carbocycles. The van der Waals surface area contributed by atoms with Crippen LogP contribution in [0, 0.1) is 0 Å². The van der Waals surface area contributed by atoms with E-state index in [2.05, 4.69) is 15.5 Å². The van der Waals surface area contributed by atoms with Crippen LogP contribution in [0.3, 0.4) is 0 Å². The average molecular weight is 242 g/mol. The van der Waals surface area contributed by atoms with Crippen molar-refractivity contribution in [2.24, 2.45) is 10.8 Å². The lowest BCUT2D eigenvalue weighted by Crippen LogP contribution is -2.20. The van der Waals surface area contributed by atoms with Gasteiger partial charge in [-0.1, -0.05) is 24.3 Å². The molecule has 0 radical (unpaired) electrons. The Balaban J connectivity index is 2.16. The number of hydrogen-bond donors (Lipinski definition) is 2. The smallest absolute Gasteiger partial charge is 0.241 e. The van der Waals surface area contributed by atoms with E-state index in [9.17, 15) is 4.79 Å². The van der Waals surface area contributed by atoms with Crippen LogP contribution in [0.2, 0.25) is 0 Å². The normalized spacial score (nSPS) is 10.9. The van der Waals surface area contributed by atoms with E-state index in [4.69, 9.17) is 5.73 Å². The van der Waals surface area contributed by atoms with Crippen LogP contribution in [0.25, 0.3) is 10.9 Å². The number of para-hydroxylation sites is 1. The van der Waals surface area contributed by atoms with Crippen LogP contribution in [0.1, 0.15) is 12.0 Å². The SMILES string of the molecule is NCCC(=O)NN=Cc1cccc2cccnc12. The number of amides is 1. The molecule has 0 spiro atoms. The predicted octanol–water partition coefficient (Wildman–Crippen LogP) is 1.03. The van der Waals surface area contributed by atoms with Crippen molar-refractivity contribution < 1.29 is 4.79 Å². The first kappa shape index (κ1) is 12.2. The number of benzene rings is 1. The van der Waals surface area contributed by atoms with E-state index in [1.165, 1.54) is 0 Å². The minimum atomic E-state index is -0.193. The molecular weight excluding hydrogens is 228 g/mol. The van der Waals surface area contributed by atoms with Crippen molar-refractivity contribution in [3.63, 3.8) is 0 Å². The first-order valence-electron chi connectivity index (χ1n) is 5.67. The third-order valence-electron chi connectivity index (χ3n) is 2.43. The Labute approximate surface area is 105 Å². The summed E-state index contributed by atoms with van der Waals surface area (Å²) in [6, 6.07) is 9.66. The highest BCUT2D eigenvalue weighted by Gasteiger charge is 1.99. The molecule has 0 aliphatic carbocycles. The number of pyridine rings is 1. The Bertz CT molecular complexity index is 575. The predicted molar refractivity (Wildman–Crippen MR) is 71.2 cm³/mol. The molecule has 0 bridgehead atoms. The van der Waals surface area contributed by atoms with Gasteiger partial charge in [0.2, 0.25) is 5.91 Å². The van der Waals surface area contributed by atoms with Gasteiger partial charge in [-0.15, -0.1) is 0 Å². The molecule has 0 aliphatic rings. The molecule has 92 valence electrons. The standard InChI is InChI=1S/C13H14N4O/c14-7-6-12(18)17-16-9-11-4-1-3-10-5-2-8-15-13(10)11/h1-5,8-9H,6-7,14H2,(H,17,18). The summed E-state index contributed by atoms with van der Waals surface area (Å²) in [5, 5.41) is 4.93. The molecule has 5 nitrogen and oxygen atoms in total. The van der Waals surface area contributed by atoms with Gasteiger partial charge < -0.3 is 5.73 Å². The number of hydrogen-bond acceptors (Lipinski definition) is 4. The van der Waals surface area contributed by atoms with Crippen molar-refractivity contribution in [2.45, 2.75) is 6.42 Å². The molecule has 1 amide bonds. The molecular formula is C13H14N4O. The fraction of sp³-hybridized carbons (Fsp3) is 0.154. The van der Waals surface area contributed by atoms with Gasteiger partial charge in [-0.25, -0.2) is 5.43 Å². The van der Waals surface area contributed by atoms with Crippen LogP contribution >= 0.6 is 0 Å². The van der Waals surface area contributed by atoms with Crippen molar-refractivity contribution in [3.05, 3.63) is 42.1 Å². The van der Waals surface area contributed by atoms with Crippen LogP contribution in [0.4, 0.5) is 0 Å². The molecule has 0 saturated carbocycles. The van der Waals surface area contributed by atoms with Crippen LogP contribution in [-0.4, -0.2) is 23.7 Å². The number of fused-ring (bicyclic) bond motifs is 1. The molecule has 1 aromatic heterocycles. The number of carbonyl (C=O) groups is 1. The molecule has 0 unspecified atom stereocenters. The zero-order chi connectivity index (χ0) is 12.8. The highest BCUT2D eigenvalue weighted by Crippen LogP contribution is 2.13. The van der Waals surface area contributed by atoms with E-state index >= 15 is 0 Å². The molecule has 3 N–H and O–H groups in total. The third kappa shape index (κ3) is 2.89. The number of nitrogens with one attached hydrogen (secondary N) is 1. The van der Waals surface area contributed by atoms with Crippen LogP contribution in [0.5, 0.6) is 0 Å². The highest BCUT2D eigenvalue weighted by atomic mass is 16.2. The van der Waals surface area contributed by atoms with Gasteiger partial charge >= 0.3 is 0 Å². The van der Waals surface area contributed by atoms with E-state index in [1.54, 1.807) is 12.4 Å². The summed E-state index contributed by atoms with van der Waals surface area (Å²) >= 11 is 0. The van der Waals surface area contributed by atoms with E-state index < -0.39 is 0 Å². The second-order valence-corrected chi connectivity index (χ2v) is 3.75. The number of nitrogens with zero attached hydrogens (tertiary/aromatic N) is 2. The molecule has 0 aliphatic heterocycles. The zero-order valence-corrected chi connectivity index (χ0v) is 9.84. The molecule has 0 fully saturated rings. The second kappa shape index (κ2) is 5.88. The average Bonchev–Trinajstić information content (AvgIpc) is 2.39. The Kier molecular flexibility index (Phi) is 3.98. The Morgan fingerprint density at radius 3 is 3.06 bits per heavy atom. The lowest BCUT2D eigenvalue weighted by atomic mass is 10.1. The molecule has 0 atom stereocenters. The summed E-state index contributed by atoms with van der Waals surface area (Å²) in [6.45, 7) is 0.317. The lowest BCUT2D eigenvalue weighted by molar-refractivity contribution is -0.120. The fourth-order valence-electron chi connectivity index (χ4n) is 1.59. The van der Waals surface area contributed by atoms with E-state index in [-0.39, 0.29) is 12.3 Å². The minimum absolute atomic E-state index is 0.193. The van der Waals surface area contributed by atoms with Gasteiger partial charge in [-0.2, -0.15) is 5.10 Å². The highest BCUT2D eigenvalue weighted by molar-refractivity contribution is 5.97. The Morgan fingerprint density at radius 1 is 1.39 bits per heavy atom. The summed E-state index contributed by atoms with van der Waals surface area (Å²) in [5.41, 5.74) is 9.40. The van der Waals surface area contributed by atoms with Gasteiger partial charge in [0, 0.05) is 30.1 Å². The first-order valence-corrected chi connectivity index (χ1v) is 5.67. The number of carbonyl (C=O) groups excluding carboxylic acids is 1. The number of hydrazone groups is 1. The molecule has 18 heavy (non-hydrogen) atoms. The van der Waals surface area contributed by atoms with Gasteiger partial charge in [-0.3, -0.25) is 9.78 Å². The van der Waals surface area contributed by atoms with Crippen LogP contribution < -0.4 is 11.2 Å². The van der Waals surface area contributed by atoms with E-state index in [0.29, 0.717) is 6.54 Å². The van der Waals surface area contributed by atoms with Crippen molar-refractivity contribution in [1.29, 1.82) is 0 Å². The van der Waals surface area contributed by atoms with Crippen molar-refractivity contribution in [1.82, 2.24) is 10.4 Å². The maximum atomic E-state index is 11.2. The van der Waals surface area contributed by atoms with Gasteiger partial charge in [0.05, 0.1) is 11.7 Å². The molecule has 2 rings (SSSR count). The monoisotopic (exact) mass is 242 g/mol. The Morgan fingerprint density at radius 2 is 2.22 bits per heavy atom. The van der Waals surface area contributed by atoms with Gasteiger partial charge in [0.25, 0.3) is 0 Å². The summed E-state index contributed by atoms with van der Waals surface area (Å²) in [4.78, 5) is 15.5.